The van der Waals surface area contributed by atoms with Crippen LogP contribution in [0.2, 0.25) is 0 Å². The Kier molecular flexibility index (Phi) is 4.50. The fourth-order valence-electron chi connectivity index (χ4n) is 3.20. The Morgan fingerprint density at radius 2 is 2.16 bits per heavy atom. The fourth-order valence-corrected chi connectivity index (χ4v) is 3.61. The largest absolute Gasteiger partial charge is 0.496 e. The van der Waals surface area contributed by atoms with Crippen LogP contribution in [-0.4, -0.2) is 46.0 Å². The molecule has 2 aliphatic rings. The van der Waals surface area contributed by atoms with Crippen LogP contribution in [0.5, 0.6) is 5.75 Å². The monoisotopic (exact) mass is 404 g/mol. The topological polar surface area (TPSA) is 60.2 Å². The van der Waals surface area contributed by atoms with Gasteiger partial charge in [0.1, 0.15) is 5.75 Å². The maximum Gasteiger partial charge on any atom is 0.223 e. The van der Waals surface area contributed by atoms with Gasteiger partial charge in [-0.2, -0.15) is 0 Å². The minimum absolute atomic E-state index is 0.181. The maximum atomic E-state index is 12.4. The molecule has 25 heavy (non-hydrogen) atoms. The van der Waals surface area contributed by atoms with E-state index in [9.17, 15) is 4.79 Å². The molecule has 4 rings (SSSR count). The highest BCUT2D eigenvalue weighted by Gasteiger charge is 2.34. The highest BCUT2D eigenvalue weighted by molar-refractivity contribution is 9.10. The van der Waals surface area contributed by atoms with E-state index in [2.05, 4.69) is 32.4 Å². The summed E-state index contributed by atoms with van der Waals surface area (Å²) in [4.78, 5) is 14.3. The van der Waals surface area contributed by atoms with Gasteiger partial charge in [0.15, 0.2) is 0 Å². The van der Waals surface area contributed by atoms with E-state index in [1.165, 1.54) is 12.8 Å². The smallest absolute Gasteiger partial charge is 0.223 e. The molecule has 1 saturated heterocycles. The lowest BCUT2D eigenvalue weighted by Crippen LogP contribution is -2.51. The van der Waals surface area contributed by atoms with Gasteiger partial charge in [-0.15, -0.1) is 5.10 Å². The van der Waals surface area contributed by atoms with Crippen molar-refractivity contribution in [2.75, 3.05) is 20.2 Å². The van der Waals surface area contributed by atoms with Gasteiger partial charge in [0.25, 0.3) is 0 Å². The number of carbonyl (C=O) groups is 1. The van der Waals surface area contributed by atoms with Crippen LogP contribution >= 0.6 is 15.9 Å². The molecular weight excluding hydrogens is 384 g/mol. The molecular formula is C18H21BrN4O2. The molecule has 2 aromatic rings. The third kappa shape index (κ3) is 3.56. The van der Waals surface area contributed by atoms with Crippen molar-refractivity contribution in [2.24, 2.45) is 0 Å². The second-order valence-corrected chi connectivity index (χ2v) is 7.72. The lowest BCUT2D eigenvalue weighted by atomic mass is 10.0. The van der Waals surface area contributed by atoms with Crippen LogP contribution in [0.4, 0.5) is 0 Å². The van der Waals surface area contributed by atoms with Crippen molar-refractivity contribution in [3.05, 3.63) is 40.1 Å². The molecule has 7 heteroatoms. The summed E-state index contributed by atoms with van der Waals surface area (Å²) in [6.45, 7) is 1.45. The van der Waals surface area contributed by atoms with Gasteiger partial charge in [-0.1, -0.05) is 21.1 Å². The number of ether oxygens (including phenoxy) is 1. The lowest BCUT2D eigenvalue weighted by Gasteiger charge is -2.39. The van der Waals surface area contributed by atoms with Crippen LogP contribution in [0.15, 0.2) is 28.9 Å². The number of likely N-dealkylation sites (tertiary alicyclic amines) is 1. The summed E-state index contributed by atoms with van der Waals surface area (Å²) in [6.07, 6.45) is 5.68. The van der Waals surface area contributed by atoms with Gasteiger partial charge in [-0.3, -0.25) is 4.79 Å². The lowest BCUT2D eigenvalue weighted by molar-refractivity contribution is -0.137. The van der Waals surface area contributed by atoms with Crippen LogP contribution in [0.3, 0.4) is 0 Å². The Labute approximate surface area is 155 Å². The molecule has 1 aromatic heterocycles. The summed E-state index contributed by atoms with van der Waals surface area (Å²) in [7, 11) is 1.66. The van der Waals surface area contributed by atoms with Crippen LogP contribution in [0.1, 0.15) is 42.5 Å². The van der Waals surface area contributed by atoms with Crippen LogP contribution < -0.4 is 4.74 Å². The number of rotatable bonds is 6. The predicted molar refractivity (Wildman–Crippen MR) is 96.6 cm³/mol. The normalized spacial score (nSPS) is 17.4. The first-order chi connectivity index (χ1) is 12.1. The second kappa shape index (κ2) is 6.78. The number of hydrogen-bond acceptors (Lipinski definition) is 4. The van der Waals surface area contributed by atoms with Gasteiger partial charge in [0, 0.05) is 36.1 Å². The highest BCUT2D eigenvalue weighted by atomic mass is 79.9. The minimum Gasteiger partial charge on any atom is -0.496 e. The zero-order valence-corrected chi connectivity index (χ0v) is 15.8. The minimum atomic E-state index is 0.181. The van der Waals surface area contributed by atoms with Crippen molar-refractivity contribution in [3.8, 4) is 5.75 Å². The number of hydrogen-bond donors (Lipinski definition) is 0. The first kappa shape index (κ1) is 16.6. The van der Waals surface area contributed by atoms with E-state index >= 15 is 0 Å². The van der Waals surface area contributed by atoms with Crippen molar-refractivity contribution < 1.29 is 9.53 Å². The number of halogens is 1. The Balaban J connectivity index is 1.29. The summed E-state index contributed by atoms with van der Waals surface area (Å²) in [5, 5.41) is 8.47. The fraction of sp³-hybridized carbons (Fsp3) is 0.500. The number of aromatic nitrogens is 3. The number of methoxy groups -OCH3 is 1. The number of benzene rings is 1. The van der Waals surface area contributed by atoms with E-state index < -0.39 is 0 Å². The standard InChI is InChI=1S/C18H21BrN4O2/c1-25-17-6-5-14(19)8-13(17)4-7-18(24)22-9-15(10-22)23-11-16(20-21-23)12-2-3-12/h5-6,8,11-12,15H,2-4,7,9-10H2,1H3. The zero-order chi connectivity index (χ0) is 17.4. The summed E-state index contributed by atoms with van der Waals surface area (Å²) in [5.41, 5.74) is 2.15. The molecule has 132 valence electrons. The molecule has 0 atom stereocenters. The van der Waals surface area contributed by atoms with Crippen LogP contribution in [0, 0.1) is 0 Å². The van der Waals surface area contributed by atoms with Crippen molar-refractivity contribution in [1.29, 1.82) is 0 Å². The first-order valence-electron chi connectivity index (χ1n) is 8.66. The van der Waals surface area contributed by atoms with E-state index in [1.54, 1.807) is 7.11 Å². The predicted octanol–water partition coefficient (Wildman–Crippen LogP) is 2.94. The van der Waals surface area contributed by atoms with Gasteiger partial charge in [-0.25, -0.2) is 4.68 Å². The molecule has 0 spiro atoms. The van der Waals surface area contributed by atoms with Crippen molar-refractivity contribution >= 4 is 21.8 Å². The second-order valence-electron chi connectivity index (χ2n) is 6.81. The Hall–Kier alpha value is -1.89. The number of aryl methyl sites for hydroxylation is 1. The SMILES string of the molecule is COc1ccc(Br)cc1CCC(=O)N1CC(n2cc(C3CC3)nn2)C1. The summed E-state index contributed by atoms with van der Waals surface area (Å²) < 4.78 is 8.29. The first-order valence-corrected chi connectivity index (χ1v) is 9.45. The Bertz CT molecular complexity index is 781. The van der Waals surface area contributed by atoms with E-state index in [1.807, 2.05) is 27.8 Å². The van der Waals surface area contributed by atoms with Gasteiger partial charge in [0.05, 0.1) is 18.8 Å². The average molecular weight is 405 g/mol. The molecule has 6 nitrogen and oxygen atoms in total. The van der Waals surface area contributed by atoms with Crippen molar-refractivity contribution in [1.82, 2.24) is 19.9 Å². The maximum absolute atomic E-state index is 12.4. The molecule has 1 aromatic carbocycles. The van der Waals surface area contributed by atoms with Crippen molar-refractivity contribution in [3.63, 3.8) is 0 Å². The third-order valence-corrected chi connectivity index (χ3v) is 5.46. The molecule has 0 bridgehead atoms. The molecule has 0 radical (unpaired) electrons. The molecule has 1 amide bonds. The number of amides is 1. The quantitative estimate of drug-likeness (QED) is 0.742. The zero-order valence-electron chi connectivity index (χ0n) is 14.2. The molecule has 0 unspecified atom stereocenters. The average Bonchev–Trinajstić information content (AvgIpc) is 3.31. The summed E-state index contributed by atoms with van der Waals surface area (Å²) in [5.74, 6) is 1.63. The van der Waals surface area contributed by atoms with Gasteiger partial charge < -0.3 is 9.64 Å². The Morgan fingerprint density at radius 3 is 2.88 bits per heavy atom. The molecule has 1 saturated carbocycles. The summed E-state index contributed by atoms with van der Waals surface area (Å²) in [6, 6.07) is 6.15. The number of carbonyl (C=O) groups excluding carboxylic acids is 1. The van der Waals surface area contributed by atoms with Gasteiger partial charge in [0.2, 0.25) is 5.91 Å². The van der Waals surface area contributed by atoms with Gasteiger partial charge in [-0.05, 0) is 43.0 Å². The van der Waals surface area contributed by atoms with Crippen molar-refractivity contribution in [2.45, 2.75) is 37.6 Å². The Morgan fingerprint density at radius 1 is 1.36 bits per heavy atom. The third-order valence-electron chi connectivity index (χ3n) is 4.96. The van der Waals surface area contributed by atoms with Crippen LogP contribution in [0.25, 0.3) is 0 Å². The molecule has 0 N–H and O–H groups in total. The van der Waals surface area contributed by atoms with E-state index in [-0.39, 0.29) is 11.9 Å². The molecule has 2 heterocycles. The van der Waals surface area contributed by atoms with E-state index in [0.717, 1.165) is 34.6 Å². The number of nitrogens with zero attached hydrogens (tertiary/aromatic N) is 4. The van der Waals surface area contributed by atoms with Crippen LogP contribution in [-0.2, 0) is 11.2 Å². The molecule has 1 aliphatic heterocycles. The summed E-state index contributed by atoms with van der Waals surface area (Å²) >= 11 is 3.47. The van der Waals surface area contributed by atoms with E-state index in [4.69, 9.17) is 4.74 Å². The van der Waals surface area contributed by atoms with Gasteiger partial charge >= 0.3 is 0 Å². The molecule has 1 aliphatic carbocycles. The molecule has 2 fully saturated rings. The van der Waals surface area contributed by atoms with E-state index in [0.29, 0.717) is 18.8 Å². The highest BCUT2D eigenvalue weighted by Crippen LogP contribution is 2.39.